The number of halogens is 2. The molecule has 2 N–H and O–H groups in total. The van der Waals surface area contributed by atoms with Crippen molar-refractivity contribution < 1.29 is 4.79 Å². The summed E-state index contributed by atoms with van der Waals surface area (Å²) in [5.74, 6) is 0.775. The number of aromatic nitrogens is 2. The van der Waals surface area contributed by atoms with Gasteiger partial charge in [-0.25, -0.2) is 4.98 Å². The van der Waals surface area contributed by atoms with Crippen LogP contribution in [-0.4, -0.2) is 29.6 Å². The van der Waals surface area contributed by atoms with Crippen LogP contribution in [-0.2, 0) is 0 Å². The Balaban J connectivity index is 0.00000117. The molecule has 176 valence electrons. The molecule has 0 aliphatic carbocycles. The van der Waals surface area contributed by atoms with Crippen molar-refractivity contribution in [2.75, 3.05) is 28.8 Å². The predicted molar refractivity (Wildman–Crippen MR) is 137 cm³/mol. The molecule has 2 bridgehead atoms. The zero-order valence-electron chi connectivity index (χ0n) is 19.3. The van der Waals surface area contributed by atoms with Crippen LogP contribution in [0.1, 0.15) is 60.3 Å². The maximum Gasteiger partial charge on any atom is 0.265 e. The number of hydrogen-bond acceptors (Lipinski definition) is 6. The predicted octanol–water partition coefficient (Wildman–Crippen LogP) is 6.09. The Morgan fingerprint density at radius 2 is 1.76 bits per heavy atom. The minimum Gasteiger partial charge on any atom is -0.341 e. The second kappa shape index (κ2) is 9.06. The molecule has 2 atom stereocenters. The highest BCUT2D eigenvalue weighted by atomic mass is 35.5. The van der Waals surface area contributed by atoms with E-state index in [2.05, 4.69) is 38.8 Å². The Hall–Kier alpha value is -2.87. The van der Waals surface area contributed by atoms with E-state index in [9.17, 15) is 4.79 Å². The van der Waals surface area contributed by atoms with E-state index in [1.807, 2.05) is 25.8 Å². The van der Waals surface area contributed by atoms with Gasteiger partial charge < -0.3 is 15.5 Å². The van der Waals surface area contributed by atoms with E-state index in [-0.39, 0.29) is 12.6 Å². The molecule has 7 nitrogen and oxygen atoms in total. The molecule has 2 aromatic carbocycles. The van der Waals surface area contributed by atoms with Gasteiger partial charge in [0.25, 0.3) is 5.91 Å². The van der Waals surface area contributed by atoms with Gasteiger partial charge >= 0.3 is 0 Å². The molecule has 3 aromatic rings. The number of nitrogens with one attached hydrogen (secondary N) is 2. The Bertz CT molecular complexity index is 1250. The van der Waals surface area contributed by atoms with E-state index >= 15 is 0 Å². The van der Waals surface area contributed by atoms with Crippen molar-refractivity contribution in [3.63, 3.8) is 0 Å². The highest BCUT2D eigenvalue weighted by Gasteiger charge is 2.36. The van der Waals surface area contributed by atoms with Crippen LogP contribution in [0.4, 0.5) is 23.1 Å². The molecule has 3 aliphatic rings. The fourth-order valence-electron chi connectivity index (χ4n) is 4.92. The van der Waals surface area contributed by atoms with Crippen molar-refractivity contribution in [1.29, 1.82) is 0 Å². The number of carbonyl (C=O) groups is 1. The van der Waals surface area contributed by atoms with Crippen molar-refractivity contribution >= 4 is 52.3 Å². The molecule has 0 radical (unpaired) electrons. The summed E-state index contributed by atoms with van der Waals surface area (Å²) in [5.41, 5.74) is 4.57. The number of rotatable bonds is 3. The third-order valence-corrected chi connectivity index (χ3v) is 7.02. The number of nitrogens with zero attached hydrogens (tertiary/aromatic N) is 4. The molecule has 6 rings (SSSR count). The third kappa shape index (κ3) is 3.78. The number of amides is 1. The number of fused-ring (bicyclic) bond motifs is 6. The topological polar surface area (TPSA) is 73.4 Å². The largest absolute Gasteiger partial charge is 0.341 e. The minimum atomic E-state index is -0.237. The first-order valence-electron chi connectivity index (χ1n) is 11.5. The van der Waals surface area contributed by atoms with Crippen LogP contribution in [0.3, 0.4) is 0 Å². The van der Waals surface area contributed by atoms with E-state index in [0.29, 0.717) is 45.1 Å². The van der Waals surface area contributed by atoms with Gasteiger partial charge in [-0.15, -0.1) is 0 Å². The van der Waals surface area contributed by atoms with Crippen LogP contribution >= 0.6 is 23.2 Å². The molecule has 1 amide bonds. The zero-order chi connectivity index (χ0) is 24.0. The van der Waals surface area contributed by atoms with E-state index in [1.165, 1.54) is 24.0 Å². The summed E-state index contributed by atoms with van der Waals surface area (Å²) < 4.78 is 0. The van der Waals surface area contributed by atoms with Crippen LogP contribution in [0.15, 0.2) is 42.6 Å². The second-order valence-electron chi connectivity index (χ2n) is 8.39. The summed E-state index contributed by atoms with van der Waals surface area (Å²) in [6, 6.07) is 12.5. The van der Waals surface area contributed by atoms with E-state index in [0.717, 1.165) is 5.69 Å². The standard InChI is InChI=1S/C23H20Cl2N6O.C2H6/c1-30-11-31(20-16(24)3-2-4-17(20)25)22(32)15-10-26-23(29-21(15)30)27-12-5-6-13-14(9-12)19-8-7-18(13)28-19;1-2/h2-6,9-10,18-19,28H,7-8,11H2,1H3,(H,26,27,29);1-2H3. The number of hydrogen-bond donors (Lipinski definition) is 2. The third-order valence-electron chi connectivity index (χ3n) is 6.41. The average molecular weight is 497 g/mol. The Kier molecular flexibility index (Phi) is 6.10. The molecular formula is C25H26Cl2N6O. The SMILES string of the molecule is CC.CN1CN(c2c(Cl)cccc2Cl)C(=O)c2cnc(Nc3ccc4c(c3)C3CCC4N3)nc21. The normalized spacial score (nSPS) is 20.0. The first kappa shape index (κ1) is 22.9. The highest BCUT2D eigenvalue weighted by Crippen LogP contribution is 2.45. The fourth-order valence-corrected chi connectivity index (χ4v) is 5.52. The van der Waals surface area contributed by atoms with Crippen LogP contribution < -0.4 is 20.4 Å². The van der Waals surface area contributed by atoms with Crippen molar-refractivity contribution in [2.24, 2.45) is 0 Å². The van der Waals surface area contributed by atoms with Gasteiger partial charge in [-0.3, -0.25) is 9.69 Å². The van der Waals surface area contributed by atoms with Crippen molar-refractivity contribution in [3.8, 4) is 0 Å². The van der Waals surface area contributed by atoms with Gasteiger partial charge in [0.2, 0.25) is 5.95 Å². The fraction of sp³-hybridized carbons (Fsp3) is 0.320. The molecule has 3 aliphatic heterocycles. The molecule has 9 heteroatoms. The van der Waals surface area contributed by atoms with Gasteiger partial charge in [-0.05, 0) is 48.2 Å². The van der Waals surface area contributed by atoms with E-state index in [4.69, 9.17) is 23.2 Å². The molecular weight excluding hydrogens is 471 g/mol. The van der Waals surface area contributed by atoms with Gasteiger partial charge in [0.15, 0.2) is 0 Å². The molecule has 2 unspecified atom stereocenters. The monoisotopic (exact) mass is 496 g/mol. The first-order chi connectivity index (χ1) is 16.5. The molecule has 0 spiro atoms. The van der Waals surface area contributed by atoms with Gasteiger partial charge in [0, 0.05) is 31.0 Å². The van der Waals surface area contributed by atoms with Crippen molar-refractivity contribution in [1.82, 2.24) is 15.3 Å². The first-order valence-corrected chi connectivity index (χ1v) is 12.3. The number of carbonyl (C=O) groups excluding carboxylic acids is 1. The Labute approximate surface area is 209 Å². The molecule has 1 aromatic heterocycles. The number of para-hydroxylation sites is 1. The molecule has 1 saturated heterocycles. The summed E-state index contributed by atoms with van der Waals surface area (Å²) in [6.07, 6.45) is 3.93. The van der Waals surface area contributed by atoms with Gasteiger partial charge in [0.05, 0.1) is 22.4 Å². The lowest BCUT2D eigenvalue weighted by Gasteiger charge is -2.35. The van der Waals surface area contributed by atoms with Crippen LogP contribution in [0, 0.1) is 0 Å². The van der Waals surface area contributed by atoms with Crippen LogP contribution in [0.25, 0.3) is 0 Å². The number of anilines is 4. The van der Waals surface area contributed by atoms with Gasteiger partial charge in [-0.2, -0.15) is 4.98 Å². The zero-order valence-corrected chi connectivity index (χ0v) is 20.8. The van der Waals surface area contributed by atoms with Crippen molar-refractivity contribution in [3.05, 3.63) is 69.3 Å². The number of benzene rings is 2. The molecule has 0 saturated carbocycles. The quantitative estimate of drug-likeness (QED) is 0.457. The smallest absolute Gasteiger partial charge is 0.265 e. The summed E-state index contributed by atoms with van der Waals surface area (Å²) in [6.45, 7) is 4.28. The lowest BCUT2D eigenvalue weighted by Crippen LogP contribution is -2.46. The highest BCUT2D eigenvalue weighted by molar-refractivity contribution is 6.40. The summed E-state index contributed by atoms with van der Waals surface area (Å²) in [7, 11) is 1.87. The summed E-state index contributed by atoms with van der Waals surface area (Å²) >= 11 is 12.7. The van der Waals surface area contributed by atoms with Crippen LogP contribution in [0.5, 0.6) is 0 Å². The lowest BCUT2D eigenvalue weighted by molar-refractivity contribution is 0.0982. The van der Waals surface area contributed by atoms with Gasteiger partial charge in [-0.1, -0.05) is 49.2 Å². The summed E-state index contributed by atoms with van der Waals surface area (Å²) in [5, 5.41) is 7.77. The van der Waals surface area contributed by atoms with E-state index < -0.39 is 0 Å². The average Bonchev–Trinajstić information content (AvgIpc) is 3.46. The molecule has 34 heavy (non-hydrogen) atoms. The molecule has 4 heterocycles. The second-order valence-corrected chi connectivity index (χ2v) is 9.21. The van der Waals surface area contributed by atoms with Gasteiger partial charge in [0.1, 0.15) is 11.4 Å². The Morgan fingerprint density at radius 3 is 2.50 bits per heavy atom. The summed E-state index contributed by atoms with van der Waals surface area (Å²) in [4.78, 5) is 25.7. The van der Waals surface area contributed by atoms with E-state index in [1.54, 1.807) is 29.3 Å². The maximum atomic E-state index is 13.2. The van der Waals surface area contributed by atoms with Crippen molar-refractivity contribution in [2.45, 2.75) is 38.8 Å². The Morgan fingerprint density at radius 1 is 1.06 bits per heavy atom. The van der Waals surface area contributed by atoms with Crippen LogP contribution in [0.2, 0.25) is 10.0 Å². The minimum absolute atomic E-state index is 0.237. The maximum absolute atomic E-state index is 13.2. The molecule has 1 fully saturated rings. The lowest BCUT2D eigenvalue weighted by atomic mass is 9.91.